The molecule has 1 aliphatic rings. The molecule has 1 saturated heterocycles. The van der Waals surface area contributed by atoms with E-state index in [1.807, 2.05) is 31.2 Å². The van der Waals surface area contributed by atoms with E-state index < -0.39 is 0 Å². The molecule has 144 valence electrons. The van der Waals surface area contributed by atoms with Gasteiger partial charge in [-0.3, -0.25) is 14.7 Å². The highest BCUT2D eigenvalue weighted by molar-refractivity contribution is 7.20. The number of nitrogens with zero attached hydrogens (tertiary/aromatic N) is 3. The smallest absolute Gasteiger partial charge is 0.282 e. The number of aromatic amines is 1. The predicted octanol–water partition coefficient (Wildman–Crippen LogP) is 1.37. The second-order valence-corrected chi connectivity index (χ2v) is 8.50. The standard InChI is InChI=1S/C20H21N5O2S/c1-12-18-15(10-17(26)24(12)11-13-6-8-21-9-7-13)23-25(19(18)27)20-22-14-4-2-3-5-16(14)28-20/h2-5,10,13,21,23H,6-9,11H2,1H3/p+1. The van der Waals surface area contributed by atoms with E-state index >= 15 is 0 Å². The van der Waals surface area contributed by atoms with Crippen LogP contribution in [-0.4, -0.2) is 32.4 Å². The van der Waals surface area contributed by atoms with E-state index in [1.54, 1.807) is 10.6 Å². The molecule has 3 aromatic heterocycles. The average molecular weight is 396 g/mol. The van der Waals surface area contributed by atoms with Crippen LogP contribution in [-0.2, 0) is 6.54 Å². The molecule has 0 aliphatic carbocycles. The maximum Gasteiger partial charge on any atom is 0.282 e. The third-order valence-electron chi connectivity index (χ3n) is 5.69. The molecule has 5 rings (SSSR count). The number of aryl methyl sites for hydroxylation is 1. The first-order valence-electron chi connectivity index (χ1n) is 9.64. The predicted molar refractivity (Wildman–Crippen MR) is 110 cm³/mol. The molecular weight excluding hydrogens is 374 g/mol. The lowest BCUT2D eigenvalue weighted by molar-refractivity contribution is -0.665. The van der Waals surface area contributed by atoms with Crippen molar-refractivity contribution in [2.45, 2.75) is 26.3 Å². The summed E-state index contributed by atoms with van der Waals surface area (Å²) < 4.78 is 4.26. The number of pyridine rings is 1. The molecule has 0 bridgehead atoms. The molecule has 3 N–H and O–H groups in total. The minimum atomic E-state index is -0.155. The molecule has 0 amide bonds. The minimum absolute atomic E-state index is 0.0581. The monoisotopic (exact) mass is 396 g/mol. The van der Waals surface area contributed by atoms with Gasteiger partial charge in [-0.2, -0.15) is 4.68 Å². The lowest BCUT2D eigenvalue weighted by Crippen LogP contribution is -2.86. The Balaban J connectivity index is 1.63. The van der Waals surface area contributed by atoms with E-state index in [1.165, 1.54) is 16.0 Å². The third kappa shape index (κ3) is 2.80. The maximum absolute atomic E-state index is 13.2. The van der Waals surface area contributed by atoms with Crippen molar-refractivity contribution in [1.82, 2.24) is 19.3 Å². The largest absolute Gasteiger partial charge is 0.346 e. The summed E-state index contributed by atoms with van der Waals surface area (Å²) in [5.74, 6) is 0.490. The highest BCUT2D eigenvalue weighted by atomic mass is 32.1. The van der Waals surface area contributed by atoms with Gasteiger partial charge in [-0.25, -0.2) is 4.98 Å². The van der Waals surface area contributed by atoms with E-state index in [0.29, 0.717) is 28.5 Å². The fraction of sp³-hybridized carbons (Fsp3) is 0.350. The van der Waals surface area contributed by atoms with Crippen molar-refractivity contribution in [3.8, 4) is 5.13 Å². The molecule has 1 fully saturated rings. The zero-order valence-electron chi connectivity index (χ0n) is 15.6. The second kappa shape index (κ2) is 6.72. The summed E-state index contributed by atoms with van der Waals surface area (Å²) in [6.45, 7) is 4.77. The number of para-hydroxylation sites is 1. The summed E-state index contributed by atoms with van der Waals surface area (Å²) >= 11 is 1.45. The van der Waals surface area contributed by atoms with Crippen molar-refractivity contribution in [3.63, 3.8) is 0 Å². The summed E-state index contributed by atoms with van der Waals surface area (Å²) in [7, 11) is 0. The van der Waals surface area contributed by atoms with E-state index in [4.69, 9.17) is 0 Å². The highest BCUT2D eigenvalue weighted by Crippen LogP contribution is 2.24. The van der Waals surface area contributed by atoms with Gasteiger partial charge in [0, 0.05) is 31.1 Å². The van der Waals surface area contributed by atoms with Gasteiger partial charge in [-0.05, 0) is 25.0 Å². The number of quaternary nitrogens is 1. The van der Waals surface area contributed by atoms with Gasteiger partial charge >= 0.3 is 0 Å². The normalized spacial score (nSPS) is 15.6. The number of fused-ring (bicyclic) bond motifs is 2. The molecular formula is C20H22N5O2S+. The first kappa shape index (κ1) is 17.4. The van der Waals surface area contributed by atoms with Crippen molar-refractivity contribution < 1.29 is 5.32 Å². The van der Waals surface area contributed by atoms with Gasteiger partial charge < -0.3 is 9.88 Å². The zero-order chi connectivity index (χ0) is 19.3. The summed E-state index contributed by atoms with van der Waals surface area (Å²) in [5, 5.41) is 6.56. The van der Waals surface area contributed by atoms with E-state index in [0.717, 1.165) is 41.8 Å². The number of rotatable bonds is 3. The summed E-state index contributed by atoms with van der Waals surface area (Å²) in [4.78, 5) is 30.5. The Hall–Kier alpha value is -2.71. The molecule has 4 aromatic rings. The van der Waals surface area contributed by atoms with Gasteiger partial charge in [0.15, 0.2) is 0 Å². The van der Waals surface area contributed by atoms with Gasteiger partial charge in [0.2, 0.25) is 5.13 Å². The molecule has 0 radical (unpaired) electrons. The maximum atomic E-state index is 13.2. The van der Waals surface area contributed by atoms with E-state index in [2.05, 4.69) is 15.4 Å². The number of hydrogen-bond acceptors (Lipinski definition) is 4. The van der Waals surface area contributed by atoms with Crippen LogP contribution in [0.4, 0.5) is 0 Å². The molecule has 0 spiro atoms. The third-order valence-corrected chi connectivity index (χ3v) is 6.71. The second-order valence-electron chi connectivity index (χ2n) is 7.49. The zero-order valence-corrected chi connectivity index (χ0v) is 16.5. The quantitative estimate of drug-likeness (QED) is 0.548. The lowest BCUT2D eigenvalue weighted by atomic mass is 9.98. The van der Waals surface area contributed by atoms with Crippen LogP contribution in [0.3, 0.4) is 0 Å². The van der Waals surface area contributed by atoms with Crippen LogP contribution in [0.15, 0.2) is 39.9 Å². The Kier molecular flexibility index (Phi) is 4.17. The Morgan fingerprint density at radius 2 is 2.04 bits per heavy atom. The molecule has 28 heavy (non-hydrogen) atoms. The number of thiazole rings is 1. The minimum Gasteiger partial charge on any atom is -0.346 e. The molecule has 1 aliphatic heterocycles. The highest BCUT2D eigenvalue weighted by Gasteiger charge is 2.21. The van der Waals surface area contributed by atoms with Crippen molar-refractivity contribution in [2.24, 2.45) is 5.92 Å². The number of H-pyrrole nitrogens is 1. The lowest BCUT2D eigenvalue weighted by Gasteiger charge is -2.22. The van der Waals surface area contributed by atoms with Crippen LogP contribution in [0, 0.1) is 12.8 Å². The Morgan fingerprint density at radius 1 is 1.25 bits per heavy atom. The van der Waals surface area contributed by atoms with Crippen molar-refractivity contribution in [2.75, 3.05) is 13.1 Å². The van der Waals surface area contributed by atoms with Crippen LogP contribution < -0.4 is 16.4 Å². The number of nitrogens with one attached hydrogen (secondary N) is 1. The molecule has 7 nitrogen and oxygen atoms in total. The topological polar surface area (TPSA) is 89.3 Å². The van der Waals surface area contributed by atoms with Gasteiger partial charge in [0.1, 0.15) is 0 Å². The molecule has 0 unspecified atom stereocenters. The first-order valence-corrected chi connectivity index (χ1v) is 10.5. The fourth-order valence-electron chi connectivity index (χ4n) is 4.16. The number of benzene rings is 1. The number of piperidine rings is 1. The van der Waals surface area contributed by atoms with Crippen molar-refractivity contribution in [1.29, 1.82) is 0 Å². The Morgan fingerprint density at radius 3 is 2.82 bits per heavy atom. The molecule has 0 atom stereocenters. The molecule has 8 heteroatoms. The number of aromatic nitrogens is 4. The molecule has 4 heterocycles. The molecule has 0 saturated carbocycles. The summed E-state index contributed by atoms with van der Waals surface area (Å²) in [6.07, 6.45) is 2.21. The van der Waals surface area contributed by atoms with Gasteiger partial charge in [0.25, 0.3) is 11.1 Å². The van der Waals surface area contributed by atoms with Crippen LogP contribution in [0.25, 0.3) is 26.3 Å². The Bertz CT molecular complexity index is 1260. The van der Waals surface area contributed by atoms with Gasteiger partial charge in [-0.1, -0.05) is 23.5 Å². The first-order chi connectivity index (χ1) is 13.6. The van der Waals surface area contributed by atoms with Crippen LogP contribution in [0.1, 0.15) is 18.5 Å². The van der Waals surface area contributed by atoms with Crippen molar-refractivity contribution in [3.05, 3.63) is 56.7 Å². The van der Waals surface area contributed by atoms with Crippen LogP contribution in [0.5, 0.6) is 0 Å². The Labute approximate surface area is 164 Å². The van der Waals surface area contributed by atoms with Crippen LogP contribution >= 0.6 is 11.3 Å². The van der Waals surface area contributed by atoms with Gasteiger partial charge in [-0.15, -0.1) is 0 Å². The van der Waals surface area contributed by atoms with Gasteiger partial charge in [0.05, 0.1) is 34.2 Å². The average Bonchev–Trinajstić information content (AvgIpc) is 3.27. The molecule has 1 aromatic carbocycles. The van der Waals surface area contributed by atoms with E-state index in [9.17, 15) is 9.59 Å². The SMILES string of the molecule is Cc1c2c(=O)n(-c3nc4ccccc4s3)[nH]c2cc(=O)n1CC1CC[NH2+]CC1. The van der Waals surface area contributed by atoms with Crippen molar-refractivity contribution >= 4 is 32.5 Å². The summed E-state index contributed by atoms with van der Waals surface area (Å²) in [6, 6.07) is 9.35. The van der Waals surface area contributed by atoms with Crippen LogP contribution in [0.2, 0.25) is 0 Å². The van der Waals surface area contributed by atoms with E-state index in [-0.39, 0.29) is 11.1 Å². The number of hydrogen-bond donors (Lipinski definition) is 2. The number of nitrogens with two attached hydrogens (primary N) is 1. The summed E-state index contributed by atoms with van der Waals surface area (Å²) in [5.41, 5.74) is 1.95. The fourth-order valence-corrected chi connectivity index (χ4v) is 5.09.